The van der Waals surface area contributed by atoms with Crippen LogP contribution in [0.3, 0.4) is 0 Å². The fraction of sp³-hybridized carbons (Fsp3) is 0.588. The summed E-state index contributed by atoms with van der Waals surface area (Å²) in [6.07, 6.45) is 3.04. The van der Waals surface area contributed by atoms with Gasteiger partial charge in [0.15, 0.2) is 0 Å². The molecule has 4 heteroatoms. The van der Waals surface area contributed by atoms with E-state index in [2.05, 4.69) is 30.5 Å². The molecule has 0 aliphatic carbocycles. The Hall–Kier alpha value is -1.55. The molecule has 2 atom stereocenters. The van der Waals surface area contributed by atoms with Gasteiger partial charge in [0.2, 0.25) is 5.91 Å². The molecule has 2 N–H and O–H groups in total. The smallest absolute Gasteiger partial charge is 0.221 e. The van der Waals surface area contributed by atoms with Gasteiger partial charge in [-0.1, -0.05) is 13.0 Å². The molecule has 4 nitrogen and oxygen atoms in total. The van der Waals surface area contributed by atoms with Gasteiger partial charge in [0.05, 0.1) is 5.60 Å². The highest BCUT2D eigenvalue weighted by molar-refractivity contribution is 5.90. The van der Waals surface area contributed by atoms with Crippen molar-refractivity contribution < 1.29 is 9.53 Å². The molecule has 1 fully saturated rings. The van der Waals surface area contributed by atoms with E-state index in [0.717, 1.165) is 42.8 Å². The third-order valence-electron chi connectivity index (χ3n) is 4.26. The van der Waals surface area contributed by atoms with Crippen LogP contribution in [0.5, 0.6) is 0 Å². The van der Waals surface area contributed by atoms with Gasteiger partial charge in [-0.25, -0.2) is 0 Å². The molecule has 0 saturated carbocycles. The minimum absolute atomic E-state index is 0.0267. The van der Waals surface area contributed by atoms with E-state index in [1.165, 1.54) is 6.92 Å². The average molecular weight is 290 g/mol. The molecule has 116 valence electrons. The van der Waals surface area contributed by atoms with Gasteiger partial charge < -0.3 is 15.4 Å². The lowest BCUT2D eigenvalue weighted by Gasteiger charge is -2.38. The number of carbonyl (C=O) groups excluding carboxylic acids is 1. The first kappa shape index (κ1) is 15.8. The van der Waals surface area contributed by atoms with E-state index in [0.29, 0.717) is 6.04 Å². The number of hydrogen-bond donors (Lipinski definition) is 2. The molecule has 1 heterocycles. The first-order chi connectivity index (χ1) is 9.92. The van der Waals surface area contributed by atoms with Crippen molar-refractivity contribution in [1.82, 2.24) is 0 Å². The van der Waals surface area contributed by atoms with Crippen molar-refractivity contribution in [2.24, 2.45) is 0 Å². The standard InChI is InChI=1S/C17H26N2O2/c1-5-17(4)11-15(8-9-21-17)19-14-7-6-12(2)16(10-14)18-13(3)20/h6-7,10,15,19H,5,8-9,11H2,1-4H3,(H,18,20). The van der Waals surface area contributed by atoms with Gasteiger partial charge in [0.25, 0.3) is 0 Å². The van der Waals surface area contributed by atoms with Crippen LogP contribution >= 0.6 is 0 Å². The Morgan fingerprint density at radius 2 is 2.24 bits per heavy atom. The number of nitrogens with one attached hydrogen (secondary N) is 2. The monoisotopic (exact) mass is 290 g/mol. The van der Waals surface area contributed by atoms with Crippen molar-refractivity contribution in [2.75, 3.05) is 17.2 Å². The van der Waals surface area contributed by atoms with Crippen molar-refractivity contribution in [3.63, 3.8) is 0 Å². The summed E-state index contributed by atoms with van der Waals surface area (Å²) in [5.74, 6) is -0.0418. The largest absolute Gasteiger partial charge is 0.382 e. The number of rotatable bonds is 4. The highest BCUT2D eigenvalue weighted by Crippen LogP contribution is 2.30. The van der Waals surface area contributed by atoms with Crippen LogP contribution < -0.4 is 10.6 Å². The van der Waals surface area contributed by atoms with Crippen LogP contribution in [-0.4, -0.2) is 24.2 Å². The topological polar surface area (TPSA) is 50.4 Å². The van der Waals surface area contributed by atoms with Gasteiger partial charge in [0, 0.05) is 30.9 Å². The Bertz CT molecular complexity index is 516. The van der Waals surface area contributed by atoms with Gasteiger partial charge in [-0.3, -0.25) is 4.79 Å². The minimum atomic E-state index is -0.0418. The number of hydrogen-bond acceptors (Lipinski definition) is 3. The van der Waals surface area contributed by atoms with E-state index in [1.54, 1.807) is 0 Å². The number of carbonyl (C=O) groups is 1. The van der Waals surface area contributed by atoms with Gasteiger partial charge in [-0.2, -0.15) is 0 Å². The molecule has 2 unspecified atom stereocenters. The third-order valence-corrected chi connectivity index (χ3v) is 4.26. The van der Waals surface area contributed by atoms with E-state index in [9.17, 15) is 4.79 Å². The predicted octanol–water partition coefficient (Wildman–Crippen LogP) is 3.71. The number of anilines is 2. The second-order valence-corrected chi connectivity index (χ2v) is 6.20. The quantitative estimate of drug-likeness (QED) is 0.888. The van der Waals surface area contributed by atoms with Crippen molar-refractivity contribution in [3.8, 4) is 0 Å². The van der Waals surface area contributed by atoms with E-state index in [1.807, 2.05) is 19.1 Å². The lowest BCUT2D eigenvalue weighted by Crippen LogP contribution is -2.41. The van der Waals surface area contributed by atoms with E-state index < -0.39 is 0 Å². The Labute approximate surface area is 127 Å². The molecule has 1 saturated heterocycles. The van der Waals surface area contributed by atoms with Crippen molar-refractivity contribution in [3.05, 3.63) is 23.8 Å². The lowest BCUT2D eigenvalue weighted by molar-refractivity contribution is -0.114. The van der Waals surface area contributed by atoms with Gasteiger partial charge >= 0.3 is 0 Å². The summed E-state index contributed by atoms with van der Waals surface area (Å²) in [5, 5.41) is 6.45. The summed E-state index contributed by atoms with van der Waals surface area (Å²) in [6, 6.07) is 6.53. The second-order valence-electron chi connectivity index (χ2n) is 6.20. The molecule has 0 spiro atoms. The summed E-state index contributed by atoms with van der Waals surface area (Å²) < 4.78 is 5.88. The maximum Gasteiger partial charge on any atom is 0.221 e. The number of aryl methyl sites for hydroxylation is 1. The van der Waals surface area contributed by atoms with Crippen LogP contribution in [0.4, 0.5) is 11.4 Å². The molecule has 1 aromatic carbocycles. The summed E-state index contributed by atoms with van der Waals surface area (Å²) in [4.78, 5) is 11.2. The third kappa shape index (κ3) is 4.21. The molecular weight excluding hydrogens is 264 g/mol. The number of ether oxygens (including phenoxy) is 1. The van der Waals surface area contributed by atoms with E-state index >= 15 is 0 Å². The Balaban J connectivity index is 2.07. The van der Waals surface area contributed by atoms with Crippen LogP contribution in [0.15, 0.2) is 18.2 Å². The highest BCUT2D eigenvalue weighted by atomic mass is 16.5. The zero-order valence-corrected chi connectivity index (χ0v) is 13.5. The SMILES string of the molecule is CCC1(C)CC(Nc2ccc(C)c(NC(C)=O)c2)CCO1. The summed E-state index contributed by atoms with van der Waals surface area (Å²) in [6.45, 7) is 8.68. The summed E-state index contributed by atoms with van der Waals surface area (Å²) in [7, 11) is 0. The summed E-state index contributed by atoms with van der Waals surface area (Å²) >= 11 is 0. The molecule has 1 aromatic rings. The van der Waals surface area contributed by atoms with Crippen molar-refractivity contribution in [2.45, 2.75) is 58.6 Å². The molecule has 1 amide bonds. The zero-order valence-electron chi connectivity index (χ0n) is 13.5. The van der Waals surface area contributed by atoms with E-state index in [4.69, 9.17) is 4.74 Å². The zero-order chi connectivity index (χ0) is 15.5. The van der Waals surface area contributed by atoms with Gasteiger partial charge in [-0.05, 0) is 50.8 Å². The lowest BCUT2D eigenvalue weighted by atomic mass is 9.90. The fourth-order valence-electron chi connectivity index (χ4n) is 2.77. The van der Waals surface area contributed by atoms with E-state index in [-0.39, 0.29) is 11.5 Å². The van der Waals surface area contributed by atoms with Crippen LogP contribution in [-0.2, 0) is 9.53 Å². The summed E-state index contributed by atoms with van der Waals surface area (Å²) in [5.41, 5.74) is 2.97. The van der Waals surface area contributed by atoms with Crippen LogP contribution in [0.1, 0.15) is 45.6 Å². The maximum absolute atomic E-state index is 11.2. The first-order valence-corrected chi connectivity index (χ1v) is 7.70. The molecule has 0 radical (unpaired) electrons. The second kappa shape index (κ2) is 6.48. The molecular formula is C17H26N2O2. The maximum atomic E-state index is 11.2. The Morgan fingerprint density at radius 1 is 1.48 bits per heavy atom. The molecule has 0 aromatic heterocycles. The first-order valence-electron chi connectivity index (χ1n) is 7.70. The number of benzene rings is 1. The van der Waals surface area contributed by atoms with Crippen LogP contribution in [0, 0.1) is 6.92 Å². The van der Waals surface area contributed by atoms with Crippen molar-refractivity contribution >= 4 is 17.3 Å². The van der Waals surface area contributed by atoms with Gasteiger partial charge in [-0.15, -0.1) is 0 Å². The van der Waals surface area contributed by atoms with Gasteiger partial charge in [0.1, 0.15) is 0 Å². The molecule has 1 aliphatic heterocycles. The molecule has 2 rings (SSSR count). The molecule has 21 heavy (non-hydrogen) atoms. The predicted molar refractivity (Wildman–Crippen MR) is 86.8 cm³/mol. The van der Waals surface area contributed by atoms with Crippen LogP contribution in [0.2, 0.25) is 0 Å². The number of amides is 1. The van der Waals surface area contributed by atoms with Crippen molar-refractivity contribution in [1.29, 1.82) is 0 Å². The average Bonchev–Trinajstić information content (AvgIpc) is 2.42. The Morgan fingerprint density at radius 3 is 2.90 bits per heavy atom. The normalized spacial score (nSPS) is 25.4. The Kier molecular flexibility index (Phi) is 4.88. The fourth-order valence-corrected chi connectivity index (χ4v) is 2.77. The minimum Gasteiger partial charge on any atom is -0.382 e. The molecule has 0 bridgehead atoms. The molecule has 1 aliphatic rings. The van der Waals surface area contributed by atoms with Crippen LogP contribution in [0.25, 0.3) is 0 Å². The highest BCUT2D eigenvalue weighted by Gasteiger charge is 2.31.